The number of carbonyl (C=O) groups excluding carboxylic acids is 2. The van der Waals surface area contributed by atoms with Gasteiger partial charge in [-0.3, -0.25) is 14.5 Å². The van der Waals surface area contributed by atoms with Crippen LogP contribution in [0.3, 0.4) is 0 Å². The van der Waals surface area contributed by atoms with Gasteiger partial charge in [0, 0.05) is 6.42 Å². The van der Waals surface area contributed by atoms with Crippen LogP contribution in [0, 0.1) is 0 Å². The van der Waals surface area contributed by atoms with E-state index < -0.39 is 36.4 Å². The van der Waals surface area contributed by atoms with Crippen LogP contribution in [-0.4, -0.2) is 51.5 Å². The number of hydrogen-bond acceptors (Lipinski definition) is 6. The van der Waals surface area contributed by atoms with E-state index in [1.54, 1.807) is 0 Å². The fourth-order valence-electron chi connectivity index (χ4n) is 1.91. The Kier molecular flexibility index (Phi) is 6.02. The second kappa shape index (κ2) is 7.53. The summed E-state index contributed by atoms with van der Waals surface area (Å²) in [6, 6.07) is 3.34. The number of carbonyl (C=O) groups is 3. The number of amides is 2. The molecule has 0 radical (unpaired) electrons. The number of aromatic hydroxyl groups is 1. The Hall–Kier alpha value is -2.45. The normalized spacial score (nSPS) is 13.2. The molecule has 22 heavy (non-hydrogen) atoms. The maximum atomic E-state index is 12.1. The number of imide groups is 1. The van der Waals surface area contributed by atoms with Crippen LogP contribution in [0.15, 0.2) is 24.3 Å². The zero-order valence-electron chi connectivity index (χ0n) is 12.1. The summed E-state index contributed by atoms with van der Waals surface area (Å²) in [6.07, 6.45) is -0.111. The van der Waals surface area contributed by atoms with Gasteiger partial charge >= 0.3 is 5.97 Å². The third kappa shape index (κ3) is 4.27. The van der Waals surface area contributed by atoms with E-state index in [0.717, 1.165) is 0 Å². The van der Waals surface area contributed by atoms with Gasteiger partial charge in [-0.2, -0.15) is 0 Å². The minimum atomic E-state index is -1.42. The molecule has 8 nitrogen and oxygen atoms in total. The van der Waals surface area contributed by atoms with Crippen molar-refractivity contribution < 1.29 is 24.6 Å². The zero-order chi connectivity index (χ0) is 16.9. The fraction of sp³-hybridized carbons (Fsp3) is 0.357. The summed E-state index contributed by atoms with van der Waals surface area (Å²) in [7, 11) is 0. The van der Waals surface area contributed by atoms with Gasteiger partial charge in [0.2, 0.25) is 11.8 Å². The maximum absolute atomic E-state index is 12.1. The van der Waals surface area contributed by atoms with Gasteiger partial charge in [-0.05, 0) is 24.6 Å². The van der Waals surface area contributed by atoms with Crippen molar-refractivity contribution >= 4 is 17.8 Å². The van der Waals surface area contributed by atoms with Crippen molar-refractivity contribution in [1.29, 1.82) is 0 Å². The Balaban J connectivity index is 3.13. The number of rotatable bonds is 6. The monoisotopic (exact) mass is 309 g/mol. The molecule has 0 fully saturated rings. The Labute approximate surface area is 127 Å². The van der Waals surface area contributed by atoms with Crippen LogP contribution in [0.5, 0.6) is 5.75 Å². The average molecular weight is 309 g/mol. The molecule has 6 N–H and O–H groups in total. The first kappa shape index (κ1) is 17.6. The first-order valence-electron chi connectivity index (χ1n) is 6.60. The summed E-state index contributed by atoms with van der Waals surface area (Å²) in [4.78, 5) is 36.0. The smallest absolute Gasteiger partial charge is 0.327 e. The molecule has 0 saturated carbocycles. The van der Waals surface area contributed by atoms with Crippen molar-refractivity contribution in [2.24, 2.45) is 11.5 Å². The first-order valence-corrected chi connectivity index (χ1v) is 6.60. The molecular weight excluding hydrogens is 290 g/mol. The minimum absolute atomic E-state index is 0.0252. The largest absolute Gasteiger partial charge is 0.508 e. The summed E-state index contributed by atoms with van der Waals surface area (Å²) in [5.41, 5.74) is 11.3. The molecule has 0 heterocycles. The van der Waals surface area contributed by atoms with Gasteiger partial charge in [0.05, 0.1) is 12.6 Å². The molecule has 1 aromatic rings. The first-order chi connectivity index (χ1) is 10.3. The van der Waals surface area contributed by atoms with E-state index in [1.807, 2.05) is 0 Å². The summed E-state index contributed by atoms with van der Waals surface area (Å²) >= 11 is 0. The van der Waals surface area contributed by atoms with E-state index in [2.05, 4.69) is 0 Å². The number of nitrogens with two attached hydrogens (primary N) is 2. The average Bonchev–Trinajstić information content (AvgIpc) is 2.47. The number of hydrogen-bond donors (Lipinski definition) is 4. The fourth-order valence-corrected chi connectivity index (χ4v) is 1.91. The third-order valence-electron chi connectivity index (χ3n) is 3.03. The van der Waals surface area contributed by atoms with E-state index in [-0.39, 0.29) is 12.2 Å². The molecule has 0 spiro atoms. The quantitative estimate of drug-likeness (QED) is 0.529. The standard InChI is InChI=1S/C14H19N3O5/c1-8(16)13(20)17(12(19)7-15)11(14(21)22)6-9-2-4-10(18)5-3-9/h2-5,8,11,18H,6-7,15-16H2,1H3,(H,21,22). The SMILES string of the molecule is CC(N)C(=O)N(C(=O)CN)C(Cc1ccc(O)cc1)C(=O)O. The summed E-state index contributed by atoms with van der Waals surface area (Å²) in [6.45, 7) is 0.858. The lowest BCUT2D eigenvalue weighted by Gasteiger charge is -2.28. The molecule has 120 valence electrons. The molecule has 1 rings (SSSR count). The number of benzene rings is 1. The molecule has 0 bridgehead atoms. The molecule has 2 amide bonds. The van der Waals surface area contributed by atoms with Crippen LogP contribution in [0.25, 0.3) is 0 Å². The number of carboxylic acid groups (broad SMARTS) is 1. The van der Waals surface area contributed by atoms with Gasteiger partial charge < -0.3 is 21.7 Å². The van der Waals surface area contributed by atoms with Crippen LogP contribution in [-0.2, 0) is 20.8 Å². The predicted octanol–water partition coefficient (Wildman–Crippen LogP) is -0.951. The van der Waals surface area contributed by atoms with Gasteiger partial charge in [-0.15, -0.1) is 0 Å². The van der Waals surface area contributed by atoms with E-state index in [9.17, 15) is 24.6 Å². The highest BCUT2D eigenvalue weighted by Gasteiger charge is 2.35. The van der Waals surface area contributed by atoms with E-state index >= 15 is 0 Å². The Morgan fingerprint density at radius 3 is 2.18 bits per heavy atom. The number of phenolic OH excluding ortho intramolecular Hbond substituents is 1. The van der Waals surface area contributed by atoms with Crippen LogP contribution >= 0.6 is 0 Å². The highest BCUT2D eigenvalue weighted by Crippen LogP contribution is 2.15. The highest BCUT2D eigenvalue weighted by atomic mass is 16.4. The van der Waals surface area contributed by atoms with Gasteiger partial charge in [0.25, 0.3) is 0 Å². The lowest BCUT2D eigenvalue weighted by Crippen LogP contribution is -2.55. The van der Waals surface area contributed by atoms with Crippen molar-refractivity contribution in [3.8, 4) is 5.75 Å². The molecule has 0 aliphatic rings. The molecule has 2 unspecified atom stereocenters. The topological polar surface area (TPSA) is 147 Å². The second-order valence-corrected chi connectivity index (χ2v) is 4.82. The van der Waals surface area contributed by atoms with Crippen molar-refractivity contribution in [3.63, 3.8) is 0 Å². The van der Waals surface area contributed by atoms with Crippen LogP contribution in [0.4, 0.5) is 0 Å². The lowest BCUT2D eigenvalue weighted by molar-refractivity contribution is -0.158. The molecule has 0 aliphatic carbocycles. The van der Waals surface area contributed by atoms with Gasteiger partial charge in [0.15, 0.2) is 0 Å². The van der Waals surface area contributed by atoms with Crippen molar-refractivity contribution in [2.75, 3.05) is 6.54 Å². The number of aliphatic carboxylic acids is 1. The Bertz CT molecular complexity index is 556. The lowest BCUT2D eigenvalue weighted by atomic mass is 10.0. The molecule has 8 heteroatoms. The van der Waals surface area contributed by atoms with Crippen LogP contribution in [0.2, 0.25) is 0 Å². The number of carboxylic acids is 1. The van der Waals surface area contributed by atoms with Crippen molar-refractivity contribution in [2.45, 2.75) is 25.4 Å². The third-order valence-corrected chi connectivity index (χ3v) is 3.03. The van der Waals surface area contributed by atoms with E-state index in [0.29, 0.717) is 10.5 Å². The van der Waals surface area contributed by atoms with Crippen molar-refractivity contribution in [3.05, 3.63) is 29.8 Å². The predicted molar refractivity (Wildman–Crippen MR) is 77.8 cm³/mol. The number of nitrogens with zero attached hydrogens (tertiary/aromatic N) is 1. The molecular formula is C14H19N3O5. The van der Waals surface area contributed by atoms with E-state index in [4.69, 9.17) is 11.5 Å². The molecule has 0 aromatic heterocycles. The maximum Gasteiger partial charge on any atom is 0.327 e. The number of phenols is 1. The Morgan fingerprint density at radius 1 is 1.23 bits per heavy atom. The Morgan fingerprint density at radius 2 is 1.77 bits per heavy atom. The van der Waals surface area contributed by atoms with Crippen molar-refractivity contribution in [1.82, 2.24) is 4.90 Å². The van der Waals surface area contributed by atoms with Gasteiger partial charge in [0.1, 0.15) is 11.8 Å². The minimum Gasteiger partial charge on any atom is -0.508 e. The summed E-state index contributed by atoms with van der Waals surface area (Å²) in [5, 5.41) is 18.6. The zero-order valence-corrected chi connectivity index (χ0v) is 12.1. The van der Waals surface area contributed by atoms with Gasteiger partial charge in [-0.1, -0.05) is 12.1 Å². The highest BCUT2D eigenvalue weighted by molar-refractivity contribution is 6.01. The summed E-state index contributed by atoms with van der Waals surface area (Å²) < 4.78 is 0. The van der Waals surface area contributed by atoms with Crippen LogP contribution < -0.4 is 11.5 Å². The molecule has 1 aromatic carbocycles. The van der Waals surface area contributed by atoms with Crippen LogP contribution in [0.1, 0.15) is 12.5 Å². The second-order valence-electron chi connectivity index (χ2n) is 4.82. The molecule has 0 saturated heterocycles. The van der Waals surface area contributed by atoms with E-state index in [1.165, 1.54) is 31.2 Å². The summed E-state index contributed by atoms with van der Waals surface area (Å²) in [5.74, 6) is -2.93. The molecule has 0 aliphatic heterocycles. The molecule has 2 atom stereocenters. The van der Waals surface area contributed by atoms with Gasteiger partial charge in [-0.25, -0.2) is 4.79 Å².